The Bertz CT molecular complexity index is 900. The first-order valence-corrected chi connectivity index (χ1v) is 14.2. The molecule has 4 aliphatic carbocycles. The Morgan fingerprint density at radius 2 is 1.80 bits per heavy atom. The van der Waals surface area contributed by atoms with Gasteiger partial charge in [0, 0.05) is 23.9 Å². The molecule has 0 amide bonds. The summed E-state index contributed by atoms with van der Waals surface area (Å²) in [5.74, 6) is 2.07. The molecule has 1 heterocycles. The molecule has 0 aromatic carbocycles. The highest BCUT2D eigenvalue weighted by Crippen LogP contribution is 2.78. The van der Waals surface area contributed by atoms with E-state index in [0.717, 1.165) is 25.7 Å². The van der Waals surface area contributed by atoms with Crippen molar-refractivity contribution < 1.29 is 19.7 Å². The Morgan fingerprint density at radius 1 is 1.09 bits per heavy atom. The largest absolute Gasteiger partial charge is 0.392 e. The van der Waals surface area contributed by atoms with Crippen molar-refractivity contribution in [2.75, 3.05) is 7.11 Å². The van der Waals surface area contributed by atoms with Gasteiger partial charge in [-0.3, -0.25) is 0 Å². The first-order valence-electron chi connectivity index (χ1n) is 14.2. The molecular formula is C31H50O4. The number of methoxy groups -OCH3 is 1. The minimum Gasteiger partial charge on any atom is -0.392 e. The number of rotatable bonds is 5. The number of aliphatic hydroxyl groups excluding tert-OH is 1. The average molecular weight is 487 g/mol. The van der Waals surface area contributed by atoms with Crippen LogP contribution in [0.15, 0.2) is 24.3 Å². The van der Waals surface area contributed by atoms with E-state index in [1.165, 1.54) is 19.3 Å². The van der Waals surface area contributed by atoms with E-state index < -0.39 is 11.2 Å². The van der Waals surface area contributed by atoms with Gasteiger partial charge in [-0.25, -0.2) is 0 Å². The minimum atomic E-state index is -0.747. The van der Waals surface area contributed by atoms with Crippen molar-refractivity contribution in [1.82, 2.24) is 0 Å². The molecule has 3 saturated carbocycles. The fraction of sp³-hybridized carbons (Fsp3) is 0.871. The van der Waals surface area contributed by atoms with Crippen LogP contribution >= 0.6 is 0 Å². The van der Waals surface area contributed by atoms with Crippen molar-refractivity contribution in [2.45, 2.75) is 117 Å². The smallest absolute Gasteiger partial charge is 0.164 e. The minimum absolute atomic E-state index is 0.0197. The van der Waals surface area contributed by atoms with E-state index in [-0.39, 0.29) is 34.1 Å². The molecule has 198 valence electrons. The summed E-state index contributed by atoms with van der Waals surface area (Å²) in [5.41, 5.74) is -1.09. The molecule has 5 rings (SSSR count). The van der Waals surface area contributed by atoms with Crippen LogP contribution in [-0.4, -0.2) is 40.9 Å². The zero-order valence-electron chi connectivity index (χ0n) is 23.4. The first kappa shape index (κ1) is 25.9. The van der Waals surface area contributed by atoms with Crippen LogP contribution in [-0.2, 0) is 9.47 Å². The van der Waals surface area contributed by atoms with Crippen LogP contribution < -0.4 is 0 Å². The van der Waals surface area contributed by atoms with E-state index >= 15 is 0 Å². The first-order chi connectivity index (χ1) is 16.2. The number of hydrogen-bond acceptors (Lipinski definition) is 4. The van der Waals surface area contributed by atoms with Gasteiger partial charge in [0.2, 0.25) is 0 Å². The molecule has 1 saturated heterocycles. The van der Waals surface area contributed by atoms with Gasteiger partial charge in [0.15, 0.2) is 6.29 Å². The molecule has 10 atom stereocenters. The van der Waals surface area contributed by atoms with Crippen molar-refractivity contribution in [3.63, 3.8) is 0 Å². The van der Waals surface area contributed by atoms with Crippen LogP contribution in [0.2, 0.25) is 0 Å². The van der Waals surface area contributed by atoms with Crippen LogP contribution in [0.4, 0.5) is 0 Å². The molecule has 0 unspecified atom stereocenters. The molecule has 35 heavy (non-hydrogen) atoms. The molecule has 1 aliphatic heterocycles. The maximum absolute atomic E-state index is 11.0. The molecule has 0 aromatic rings. The third-order valence-corrected chi connectivity index (χ3v) is 12.4. The Kier molecular flexibility index (Phi) is 5.87. The number of aliphatic hydroxyl groups is 2. The lowest BCUT2D eigenvalue weighted by molar-refractivity contribution is -0.225. The van der Waals surface area contributed by atoms with Crippen molar-refractivity contribution in [3.05, 3.63) is 24.3 Å². The summed E-state index contributed by atoms with van der Waals surface area (Å²) in [4.78, 5) is 0. The van der Waals surface area contributed by atoms with Crippen molar-refractivity contribution in [2.24, 2.45) is 45.3 Å². The van der Waals surface area contributed by atoms with Gasteiger partial charge in [-0.1, -0.05) is 58.9 Å². The van der Waals surface area contributed by atoms with Crippen LogP contribution in [0.5, 0.6) is 0 Å². The van der Waals surface area contributed by atoms with E-state index in [1.54, 1.807) is 0 Å². The SMILES string of the molecule is CO[C@@H]1O[C@@]23C=C[C@@H]4[C@@]1(CC[C@]1(C)[C@@H]([C@H](C)C/C=C/C(C)(C)O)CC[C@@]41C)[C@@H]2CC[C@H](O)C3(C)C. The van der Waals surface area contributed by atoms with Gasteiger partial charge in [-0.05, 0) is 87.4 Å². The van der Waals surface area contributed by atoms with Gasteiger partial charge in [0.05, 0.1) is 11.7 Å². The highest BCUT2D eigenvalue weighted by molar-refractivity contribution is 5.34. The van der Waals surface area contributed by atoms with Gasteiger partial charge in [0.25, 0.3) is 0 Å². The summed E-state index contributed by atoms with van der Waals surface area (Å²) in [6, 6.07) is 0. The summed E-state index contributed by atoms with van der Waals surface area (Å²) in [6.07, 6.45) is 16.2. The van der Waals surface area contributed by atoms with Crippen LogP contribution in [0, 0.1) is 45.3 Å². The Balaban J connectivity index is 1.52. The van der Waals surface area contributed by atoms with Crippen LogP contribution in [0.25, 0.3) is 0 Å². The fourth-order valence-corrected chi connectivity index (χ4v) is 10.2. The summed E-state index contributed by atoms with van der Waals surface area (Å²) in [7, 11) is 1.83. The van der Waals surface area contributed by atoms with Gasteiger partial charge in [-0.15, -0.1) is 0 Å². The van der Waals surface area contributed by atoms with Gasteiger partial charge in [-0.2, -0.15) is 0 Å². The molecule has 1 spiro atoms. The predicted molar refractivity (Wildman–Crippen MR) is 140 cm³/mol. The number of ether oxygens (including phenoxy) is 2. The standard InChI is InChI=1S/C31H50O4/c1-20(10-9-15-26(2,3)33)21-13-16-29(7)22-14-17-31-23(11-12-24(32)27(31,4)5)30(22,25(34-8)35-31)19-18-28(21,29)6/h9,14-15,17,20-25,32-33H,10-13,16,18-19H2,1-8H3/b15-9+/t20-,21-,22+,23+,24+,25-,28-,29+,30+,31+/m1/s1. The van der Waals surface area contributed by atoms with E-state index in [4.69, 9.17) is 9.47 Å². The monoisotopic (exact) mass is 486 g/mol. The molecule has 2 N–H and O–H groups in total. The van der Waals surface area contributed by atoms with Crippen LogP contribution in [0.1, 0.15) is 93.4 Å². The molecular weight excluding hydrogens is 436 g/mol. The maximum Gasteiger partial charge on any atom is 0.164 e. The number of hydrogen-bond donors (Lipinski definition) is 2. The summed E-state index contributed by atoms with van der Waals surface area (Å²) in [5, 5.41) is 21.2. The lowest BCUT2D eigenvalue weighted by Crippen LogP contribution is -2.65. The van der Waals surface area contributed by atoms with Crippen molar-refractivity contribution >= 4 is 0 Å². The second-order valence-corrected chi connectivity index (χ2v) is 14.5. The Labute approximate surface area is 213 Å². The van der Waals surface area contributed by atoms with Crippen LogP contribution in [0.3, 0.4) is 0 Å². The summed E-state index contributed by atoms with van der Waals surface area (Å²) >= 11 is 0. The van der Waals surface area contributed by atoms with Gasteiger partial charge < -0.3 is 19.7 Å². The second kappa shape index (κ2) is 7.91. The van der Waals surface area contributed by atoms with E-state index in [2.05, 4.69) is 52.8 Å². The Hall–Kier alpha value is -0.680. The highest BCUT2D eigenvalue weighted by Gasteiger charge is 2.78. The van der Waals surface area contributed by atoms with Gasteiger partial charge >= 0.3 is 0 Å². The van der Waals surface area contributed by atoms with Crippen molar-refractivity contribution in [3.8, 4) is 0 Å². The van der Waals surface area contributed by atoms with Crippen molar-refractivity contribution in [1.29, 1.82) is 0 Å². The molecule has 5 aliphatic rings. The second-order valence-electron chi connectivity index (χ2n) is 14.5. The zero-order chi connectivity index (χ0) is 25.7. The molecule has 0 aromatic heterocycles. The molecule has 0 radical (unpaired) electrons. The van der Waals surface area contributed by atoms with E-state index in [9.17, 15) is 10.2 Å². The molecule has 4 fully saturated rings. The van der Waals surface area contributed by atoms with Gasteiger partial charge in [0.1, 0.15) is 5.60 Å². The molecule has 2 bridgehead atoms. The Morgan fingerprint density at radius 3 is 2.46 bits per heavy atom. The maximum atomic E-state index is 11.0. The number of allylic oxidation sites excluding steroid dienone is 2. The summed E-state index contributed by atoms with van der Waals surface area (Å²) in [6.45, 7) is 15.7. The quantitative estimate of drug-likeness (QED) is 0.450. The zero-order valence-corrected chi connectivity index (χ0v) is 23.4. The fourth-order valence-electron chi connectivity index (χ4n) is 10.2. The third-order valence-electron chi connectivity index (χ3n) is 12.4. The lowest BCUT2D eigenvalue weighted by Gasteiger charge is -2.65. The third kappa shape index (κ3) is 3.18. The number of fused-ring (bicyclic) bond motifs is 2. The normalized spacial score (nSPS) is 51.2. The predicted octanol–water partition coefficient (Wildman–Crippen LogP) is 6.27. The lowest BCUT2D eigenvalue weighted by atomic mass is 9.38. The summed E-state index contributed by atoms with van der Waals surface area (Å²) < 4.78 is 13.2. The average Bonchev–Trinajstić information content (AvgIpc) is 3.14. The van der Waals surface area contributed by atoms with E-state index in [1.807, 2.05) is 27.0 Å². The van der Waals surface area contributed by atoms with E-state index in [0.29, 0.717) is 23.7 Å². The topological polar surface area (TPSA) is 58.9 Å². The molecule has 4 nitrogen and oxygen atoms in total. The highest BCUT2D eigenvalue weighted by atomic mass is 16.7. The molecule has 4 heteroatoms.